The van der Waals surface area contributed by atoms with Crippen molar-refractivity contribution in [1.82, 2.24) is 16.2 Å². The molecule has 2 saturated heterocycles. The van der Waals surface area contributed by atoms with Crippen LogP contribution in [-0.2, 0) is 4.79 Å². The number of ether oxygens (including phenoxy) is 1. The molecule has 0 aromatic heterocycles. The number of rotatable bonds is 2. The summed E-state index contributed by atoms with van der Waals surface area (Å²) >= 11 is 9.59. The number of fused-ring (bicyclic) bond motifs is 6. The van der Waals surface area contributed by atoms with Crippen LogP contribution in [0.3, 0.4) is 0 Å². The van der Waals surface area contributed by atoms with E-state index < -0.39 is 11.6 Å². The molecule has 27 heavy (non-hydrogen) atoms. The van der Waals surface area contributed by atoms with Gasteiger partial charge in [0, 0.05) is 27.5 Å². The standard InChI is InChI=1S/C19H17BrClN3O3/c20-10-3-1-9(2-4-10)16-15-17(24-23-16)22-13-8-19(15,18(25)26)27-14-6-5-11(21)7-12(13)14/h1-7,13,15-17,22-24H,8H2,(H,25,26). The van der Waals surface area contributed by atoms with E-state index in [0.29, 0.717) is 17.2 Å². The van der Waals surface area contributed by atoms with Gasteiger partial charge in [0.1, 0.15) is 5.75 Å². The number of hydrazine groups is 1. The van der Waals surface area contributed by atoms with Crippen molar-refractivity contribution in [3.05, 3.63) is 63.1 Å². The Balaban J connectivity index is 1.61. The molecule has 2 aromatic carbocycles. The van der Waals surface area contributed by atoms with E-state index in [1.54, 1.807) is 12.1 Å². The second-order valence-corrected chi connectivity index (χ2v) is 8.58. The first kappa shape index (κ1) is 17.5. The summed E-state index contributed by atoms with van der Waals surface area (Å²) in [5, 5.41) is 14.4. The van der Waals surface area contributed by atoms with Crippen LogP contribution in [-0.4, -0.2) is 22.8 Å². The Labute approximate surface area is 169 Å². The average molecular weight is 451 g/mol. The Hall–Kier alpha value is -1.64. The van der Waals surface area contributed by atoms with E-state index in [1.165, 1.54) is 0 Å². The van der Waals surface area contributed by atoms with Crippen molar-refractivity contribution in [3.8, 4) is 5.75 Å². The molecule has 0 radical (unpaired) electrons. The zero-order valence-corrected chi connectivity index (χ0v) is 16.4. The van der Waals surface area contributed by atoms with E-state index in [0.717, 1.165) is 15.6 Å². The highest BCUT2D eigenvalue weighted by Gasteiger charge is 2.63. The molecule has 4 N–H and O–H groups in total. The van der Waals surface area contributed by atoms with Crippen LogP contribution in [0.4, 0.5) is 0 Å². The molecule has 2 bridgehead atoms. The minimum atomic E-state index is -1.34. The van der Waals surface area contributed by atoms with Gasteiger partial charge in [-0.3, -0.25) is 5.32 Å². The van der Waals surface area contributed by atoms with Gasteiger partial charge in [0.2, 0.25) is 5.60 Å². The Morgan fingerprint density at radius 1 is 1.22 bits per heavy atom. The Bertz CT molecular complexity index is 925. The van der Waals surface area contributed by atoms with Crippen LogP contribution in [0.25, 0.3) is 0 Å². The minimum absolute atomic E-state index is 0.150. The van der Waals surface area contributed by atoms with E-state index in [4.69, 9.17) is 16.3 Å². The van der Waals surface area contributed by atoms with E-state index in [-0.39, 0.29) is 24.2 Å². The molecule has 3 heterocycles. The van der Waals surface area contributed by atoms with Crippen LogP contribution in [0.2, 0.25) is 5.02 Å². The van der Waals surface area contributed by atoms with Gasteiger partial charge < -0.3 is 9.84 Å². The maximum atomic E-state index is 12.5. The summed E-state index contributed by atoms with van der Waals surface area (Å²) in [6, 6.07) is 12.9. The lowest BCUT2D eigenvalue weighted by atomic mass is 9.69. The molecule has 0 amide bonds. The maximum Gasteiger partial charge on any atom is 0.348 e. The summed E-state index contributed by atoms with van der Waals surface area (Å²) in [5.74, 6) is -0.709. The molecule has 2 aromatic rings. The van der Waals surface area contributed by atoms with Crippen molar-refractivity contribution in [1.29, 1.82) is 0 Å². The quantitative estimate of drug-likeness (QED) is 0.563. The third-order valence-electron chi connectivity index (χ3n) is 5.77. The predicted molar refractivity (Wildman–Crippen MR) is 103 cm³/mol. The molecule has 0 saturated carbocycles. The first-order chi connectivity index (χ1) is 13.0. The molecular weight excluding hydrogens is 434 g/mol. The molecule has 3 aliphatic rings. The highest BCUT2D eigenvalue weighted by Crippen LogP contribution is 2.52. The summed E-state index contributed by atoms with van der Waals surface area (Å²) in [6.45, 7) is 0. The fourth-order valence-corrected chi connectivity index (χ4v) is 5.02. The smallest absolute Gasteiger partial charge is 0.348 e. The van der Waals surface area contributed by atoms with Crippen molar-refractivity contribution in [2.75, 3.05) is 0 Å². The van der Waals surface area contributed by atoms with Crippen molar-refractivity contribution >= 4 is 33.5 Å². The second kappa shape index (κ2) is 6.18. The lowest BCUT2D eigenvalue weighted by molar-refractivity contribution is -0.170. The number of hydrogen-bond acceptors (Lipinski definition) is 5. The lowest BCUT2D eigenvalue weighted by Gasteiger charge is -2.50. The minimum Gasteiger partial charge on any atom is -0.478 e. The first-order valence-electron chi connectivity index (χ1n) is 8.72. The van der Waals surface area contributed by atoms with Gasteiger partial charge in [-0.15, -0.1) is 0 Å². The van der Waals surface area contributed by atoms with Gasteiger partial charge in [0.05, 0.1) is 18.1 Å². The number of carboxylic acids is 1. The Morgan fingerprint density at radius 2 is 2.00 bits per heavy atom. The molecule has 140 valence electrons. The molecule has 3 aliphatic heterocycles. The topological polar surface area (TPSA) is 82.6 Å². The fraction of sp³-hybridized carbons (Fsp3) is 0.316. The second-order valence-electron chi connectivity index (χ2n) is 7.22. The number of benzene rings is 2. The molecular formula is C19H17BrClN3O3. The maximum absolute atomic E-state index is 12.5. The molecule has 5 atom stereocenters. The molecule has 2 fully saturated rings. The number of aliphatic carboxylic acids is 1. The van der Waals surface area contributed by atoms with E-state index in [1.807, 2.05) is 30.3 Å². The van der Waals surface area contributed by atoms with Gasteiger partial charge in [-0.25, -0.2) is 15.6 Å². The molecule has 6 nitrogen and oxygen atoms in total. The van der Waals surface area contributed by atoms with Crippen LogP contribution in [0.1, 0.15) is 29.6 Å². The van der Waals surface area contributed by atoms with Gasteiger partial charge >= 0.3 is 5.97 Å². The van der Waals surface area contributed by atoms with E-state index in [2.05, 4.69) is 32.1 Å². The van der Waals surface area contributed by atoms with Crippen LogP contribution in [0, 0.1) is 5.92 Å². The number of carbonyl (C=O) groups is 1. The van der Waals surface area contributed by atoms with Gasteiger partial charge in [-0.05, 0) is 35.9 Å². The number of piperidine rings is 1. The van der Waals surface area contributed by atoms with Crippen molar-refractivity contribution < 1.29 is 14.6 Å². The molecule has 8 heteroatoms. The fourth-order valence-electron chi connectivity index (χ4n) is 4.57. The summed E-state index contributed by atoms with van der Waals surface area (Å²) < 4.78 is 7.18. The van der Waals surface area contributed by atoms with Crippen molar-refractivity contribution in [2.24, 2.45) is 5.92 Å². The monoisotopic (exact) mass is 449 g/mol. The van der Waals surface area contributed by atoms with Gasteiger partial charge in [-0.1, -0.05) is 39.7 Å². The van der Waals surface area contributed by atoms with E-state index >= 15 is 0 Å². The van der Waals surface area contributed by atoms with Crippen molar-refractivity contribution in [3.63, 3.8) is 0 Å². The van der Waals surface area contributed by atoms with E-state index in [9.17, 15) is 9.90 Å². The van der Waals surface area contributed by atoms with Gasteiger partial charge in [0.15, 0.2) is 0 Å². The molecule has 0 spiro atoms. The average Bonchev–Trinajstić information content (AvgIpc) is 3.07. The Kier molecular flexibility index (Phi) is 4.00. The SMILES string of the molecule is O=C(O)C12CC(NC3NNC(c4ccc(Br)cc4)C31)c1cc(Cl)ccc1O2. The zero-order valence-electron chi connectivity index (χ0n) is 14.1. The zero-order chi connectivity index (χ0) is 18.8. The number of nitrogens with one attached hydrogen (secondary N) is 3. The highest BCUT2D eigenvalue weighted by atomic mass is 79.9. The van der Waals surface area contributed by atoms with Crippen molar-refractivity contribution in [2.45, 2.75) is 30.3 Å². The third kappa shape index (κ3) is 2.61. The van der Waals surface area contributed by atoms with Crippen LogP contribution in [0.5, 0.6) is 5.75 Å². The lowest BCUT2D eigenvalue weighted by Crippen LogP contribution is -2.66. The van der Waals surface area contributed by atoms with Crippen LogP contribution in [0.15, 0.2) is 46.9 Å². The molecule has 5 rings (SSSR count). The Morgan fingerprint density at radius 3 is 2.74 bits per heavy atom. The summed E-state index contributed by atoms with van der Waals surface area (Å²) in [7, 11) is 0. The normalized spacial score (nSPS) is 33.7. The number of carboxylic acid groups (broad SMARTS) is 1. The van der Waals surface area contributed by atoms with Gasteiger partial charge in [0.25, 0.3) is 0 Å². The summed E-state index contributed by atoms with van der Waals surface area (Å²) in [4.78, 5) is 12.5. The predicted octanol–water partition coefficient (Wildman–Crippen LogP) is 3.14. The van der Waals surface area contributed by atoms with Crippen LogP contribution < -0.4 is 20.9 Å². The van der Waals surface area contributed by atoms with Gasteiger partial charge in [-0.2, -0.15) is 0 Å². The molecule has 0 aliphatic carbocycles. The highest BCUT2D eigenvalue weighted by molar-refractivity contribution is 9.10. The summed E-state index contributed by atoms with van der Waals surface area (Å²) in [6.07, 6.45) is 0.0911. The number of hydrogen-bond donors (Lipinski definition) is 4. The largest absolute Gasteiger partial charge is 0.478 e. The summed E-state index contributed by atoms with van der Waals surface area (Å²) in [5.41, 5.74) is 7.06. The van der Waals surface area contributed by atoms with Crippen LogP contribution >= 0.6 is 27.5 Å². The first-order valence-corrected chi connectivity index (χ1v) is 9.89. The third-order valence-corrected chi connectivity index (χ3v) is 6.53. The number of halogens is 2. The molecule has 5 unspecified atom stereocenters.